The Hall–Kier alpha value is -6.81. The summed E-state index contributed by atoms with van der Waals surface area (Å²) >= 11 is 0. The molecule has 206 valence electrons. The van der Waals surface area contributed by atoms with Crippen LogP contribution in [0.3, 0.4) is 0 Å². The molecular formula is C39H19N5O. The minimum Gasteiger partial charge on any atom is -0.456 e. The zero-order valence-corrected chi connectivity index (χ0v) is 23.6. The van der Waals surface area contributed by atoms with Crippen molar-refractivity contribution in [2.24, 2.45) is 0 Å². The van der Waals surface area contributed by atoms with Crippen LogP contribution in [0.25, 0.3) is 76.9 Å². The number of para-hydroxylation sites is 1. The Morgan fingerprint density at radius 3 is 1.62 bits per heavy atom. The number of furan rings is 1. The van der Waals surface area contributed by atoms with E-state index in [9.17, 15) is 15.8 Å². The fraction of sp³-hybridized carbons (Fsp3) is 0. The van der Waals surface area contributed by atoms with Crippen LogP contribution in [0, 0.1) is 34.0 Å². The summed E-state index contributed by atoms with van der Waals surface area (Å²) in [7, 11) is 0. The molecule has 0 N–H and O–H groups in total. The van der Waals surface area contributed by atoms with E-state index in [1.165, 1.54) is 0 Å². The Morgan fingerprint density at radius 2 is 0.956 bits per heavy atom. The van der Waals surface area contributed by atoms with Gasteiger partial charge in [-0.2, -0.15) is 15.8 Å². The molecule has 0 aliphatic carbocycles. The highest BCUT2D eigenvalue weighted by Crippen LogP contribution is 2.42. The lowest BCUT2D eigenvalue weighted by molar-refractivity contribution is 0.669. The minimum atomic E-state index is 0.572. The molecule has 0 radical (unpaired) electrons. The number of fused-ring (bicyclic) bond motifs is 10. The van der Waals surface area contributed by atoms with Gasteiger partial charge in [-0.1, -0.05) is 24.3 Å². The van der Waals surface area contributed by atoms with Gasteiger partial charge in [-0.15, -0.1) is 0 Å². The lowest BCUT2D eigenvalue weighted by atomic mass is 10.0. The standard InChI is InChI=1S/C39H19N5O/c40-20-23-8-11-33-29(16-23)30-17-24(21-41)9-12-34(30)43(33)26-4-3-5-27(19-26)44-32-7-2-1-6-28(32)38-35(44)13-15-37-39(38)31-18-25(22-42)10-14-36(31)45-37/h1-19H. The lowest BCUT2D eigenvalue weighted by Gasteiger charge is -2.13. The molecule has 0 unspecified atom stereocenters. The SMILES string of the molecule is N#Cc1ccc2oc3ccc4c(c5ccccc5n4-c4cccc(-n5c6ccc(C#N)cc6c6cc(C#N)ccc65)c4)c3c2c1. The number of aromatic nitrogens is 2. The molecule has 9 aromatic rings. The fourth-order valence-corrected chi connectivity index (χ4v) is 6.89. The van der Waals surface area contributed by atoms with Crippen molar-refractivity contribution in [3.8, 4) is 29.6 Å². The molecular weight excluding hydrogens is 554 g/mol. The van der Waals surface area contributed by atoms with E-state index in [1.807, 2.05) is 66.7 Å². The van der Waals surface area contributed by atoms with E-state index in [1.54, 1.807) is 6.07 Å². The van der Waals surface area contributed by atoms with Crippen molar-refractivity contribution in [3.05, 3.63) is 132 Å². The molecule has 3 heterocycles. The van der Waals surface area contributed by atoms with Gasteiger partial charge < -0.3 is 13.6 Å². The van der Waals surface area contributed by atoms with Crippen molar-refractivity contribution < 1.29 is 4.42 Å². The van der Waals surface area contributed by atoms with Crippen LogP contribution < -0.4 is 0 Å². The van der Waals surface area contributed by atoms with Gasteiger partial charge in [0.15, 0.2) is 0 Å². The Kier molecular flexibility index (Phi) is 5.00. The van der Waals surface area contributed by atoms with Crippen molar-refractivity contribution in [3.63, 3.8) is 0 Å². The predicted octanol–water partition coefficient (Wildman–Crippen LogP) is 9.40. The third kappa shape index (κ3) is 3.41. The van der Waals surface area contributed by atoms with Gasteiger partial charge in [0, 0.05) is 43.7 Å². The van der Waals surface area contributed by atoms with Crippen LogP contribution in [0.15, 0.2) is 120 Å². The third-order valence-corrected chi connectivity index (χ3v) is 8.77. The Morgan fingerprint density at radius 1 is 0.422 bits per heavy atom. The molecule has 0 aliphatic rings. The molecule has 0 saturated heterocycles. The summed E-state index contributed by atoms with van der Waals surface area (Å²) < 4.78 is 10.7. The van der Waals surface area contributed by atoms with Gasteiger partial charge in [-0.3, -0.25) is 0 Å². The number of nitrogens with zero attached hydrogens (tertiary/aromatic N) is 5. The predicted molar refractivity (Wildman–Crippen MR) is 177 cm³/mol. The molecule has 0 saturated carbocycles. The monoisotopic (exact) mass is 573 g/mol. The molecule has 0 aliphatic heterocycles. The molecule has 45 heavy (non-hydrogen) atoms. The summed E-state index contributed by atoms with van der Waals surface area (Å²) in [4.78, 5) is 0. The number of benzene rings is 6. The number of hydrogen-bond acceptors (Lipinski definition) is 4. The molecule has 0 bridgehead atoms. The number of nitriles is 3. The van der Waals surface area contributed by atoms with Gasteiger partial charge in [0.2, 0.25) is 0 Å². The van der Waals surface area contributed by atoms with Crippen LogP contribution in [0.5, 0.6) is 0 Å². The first-order valence-electron chi connectivity index (χ1n) is 14.4. The van der Waals surface area contributed by atoms with Crippen LogP contribution in [-0.2, 0) is 0 Å². The second kappa shape index (κ2) is 9.09. The molecule has 9 rings (SSSR count). The molecule has 0 amide bonds. The molecule has 6 aromatic carbocycles. The van der Waals surface area contributed by atoms with Crippen LogP contribution in [0.1, 0.15) is 16.7 Å². The third-order valence-electron chi connectivity index (χ3n) is 8.77. The highest BCUT2D eigenvalue weighted by atomic mass is 16.3. The Bertz CT molecular complexity index is 2790. The average Bonchev–Trinajstić information content (AvgIpc) is 3.74. The summed E-state index contributed by atoms with van der Waals surface area (Å²) in [6.45, 7) is 0. The lowest BCUT2D eigenvalue weighted by Crippen LogP contribution is -1.98. The van der Waals surface area contributed by atoms with E-state index < -0.39 is 0 Å². The first-order valence-corrected chi connectivity index (χ1v) is 14.4. The zero-order chi connectivity index (χ0) is 30.2. The van der Waals surface area contributed by atoms with E-state index in [-0.39, 0.29) is 0 Å². The quantitative estimate of drug-likeness (QED) is 0.206. The second-order valence-electron chi connectivity index (χ2n) is 11.2. The maximum atomic E-state index is 9.62. The number of hydrogen-bond donors (Lipinski definition) is 0. The molecule has 6 heteroatoms. The van der Waals surface area contributed by atoms with Crippen molar-refractivity contribution in [2.75, 3.05) is 0 Å². The molecule has 0 fully saturated rings. The first kappa shape index (κ1) is 24.8. The van der Waals surface area contributed by atoms with Crippen LogP contribution >= 0.6 is 0 Å². The van der Waals surface area contributed by atoms with E-state index >= 15 is 0 Å². The largest absolute Gasteiger partial charge is 0.456 e. The zero-order valence-electron chi connectivity index (χ0n) is 23.6. The summed E-state index contributed by atoms with van der Waals surface area (Å²) in [6.07, 6.45) is 0. The van der Waals surface area contributed by atoms with Gasteiger partial charge in [0.25, 0.3) is 0 Å². The maximum Gasteiger partial charge on any atom is 0.136 e. The van der Waals surface area contributed by atoms with Crippen molar-refractivity contribution in [2.45, 2.75) is 0 Å². The van der Waals surface area contributed by atoms with Crippen LogP contribution in [0.4, 0.5) is 0 Å². The van der Waals surface area contributed by atoms with Crippen LogP contribution in [0.2, 0.25) is 0 Å². The van der Waals surface area contributed by atoms with Gasteiger partial charge in [-0.05, 0) is 91.0 Å². The Balaban J connectivity index is 1.35. The Labute approximate surface area is 256 Å². The maximum absolute atomic E-state index is 9.62. The highest BCUT2D eigenvalue weighted by Gasteiger charge is 2.20. The number of rotatable bonds is 2. The molecule has 6 nitrogen and oxygen atoms in total. The topological polar surface area (TPSA) is 94.4 Å². The summed E-state index contributed by atoms with van der Waals surface area (Å²) in [5, 5.41) is 34.8. The van der Waals surface area contributed by atoms with E-state index in [4.69, 9.17) is 4.42 Å². The average molecular weight is 574 g/mol. The van der Waals surface area contributed by atoms with Gasteiger partial charge >= 0.3 is 0 Å². The van der Waals surface area contributed by atoms with Crippen LogP contribution in [-0.4, -0.2) is 9.13 Å². The van der Waals surface area contributed by atoms with Gasteiger partial charge in [0.05, 0.1) is 57.0 Å². The van der Waals surface area contributed by atoms with Gasteiger partial charge in [-0.25, -0.2) is 0 Å². The summed E-state index contributed by atoms with van der Waals surface area (Å²) in [5.41, 5.74) is 9.22. The van der Waals surface area contributed by atoms with Gasteiger partial charge in [0.1, 0.15) is 11.2 Å². The second-order valence-corrected chi connectivity index (χ2v) is 11.2. The first-order chi connectivity index (χ1) is 22.2. The summed E-state index contributed by atoms with van der Waals surface area (Å²) in [5.74, 6) is 0. The summed E-state index contributed by atoms with van der Waals surface area (Å²) in [6, 6.07) is 44.6. The van der Waals surface area contributed by atoms with Crippen molar-refractivity contribution >= 4 is 65.6 Å². The smallest absolute Gasteiger partial charge is 0.136 e. The van der Waals surface area contributed by atoms with E-state index in [0.717, 1.165) is 76.9 Å². The fourth-order valence-electron chi connectivity index (χ4n) is 6.89. The normalized spacial score (nSPS) is 11.5. The van der Waals surface area contributed by atoms with E-state index in [0.29, 0.717) is 16.7 Å². The van der Waals surface area contributed by atoms with E-state index in [2.05, 4.69) is 69.8 Å². The molecule has 3 aromatic heterocycles. The minimum absolute atomic E-state index is 0.572. The van der Waals surface area contributed by atoms with Crippen molar-refractivity contribution in [1.29, 1.82) is 15.8 Å². The molecule has 0 spiro atoms. The highest BCUT2D eigenvalue weighted by molar-refractivity contribution is 6.27. The van der Waals surface area contributed by atoms with Crippen molar-refractivity contribution in [1.82, 2.24) is 9.13 Å². The molecule has 0 atom stereocenters.